The Morgan fingerprint density at radius 1 is 1.23 bits per heavy atom. The van der Waals surface area contributed by atoms with Crippen molar-refractivity contribution in [2.45, 2.75) is 36.1 Å². The van der Waals surface area contributed by atoms with Gasteiger partial charge in [-0.05, 0) is 43.2 Å². The van der Waals surface area contributed by atoms with Gasteiger partial charge in [0, 0.05) is 18.1 Å². The van der Waals surface area contributed by atoms with Crippen molar-refractivity contribution in [3.8, 4) is 0 Å². The van der Waals surface area contributed by atoms with Gasteiger partial charge in [-0.2, -0.15) is 9.30 Å². The number of benzene rings is 1. The highest BCUT2D eigenvalue weighted by Crippen LogP contribution is 2.32. The van der Waals surface area contributed by atoms with Crippen molar-refractivity contribution in [3.05, 3.63) is 57.1 Å². The van der Waals surface area contributed by atoms with Gasteiger partial charge in [0.1, 0.15) is 10.3 Å². The van der Waals surface area contributed by atoms with Crippen LogP contribution in [-0.4, -0.2) is 35.8 Å². The van der Waals surface area contributed by atoms with Crippen LogP contribution in [0.25, 0.3) is 10.2 Å². The van der Waals surface area contributed by atoms with E-state index in [1.165, 1.54) is 21.7 Å². The first-order valence-electron chi connectivity index (χ1n) is 9.57. The van der Waals surface area contributed by atoms with Crippen LogP contribution in [-0.2, 0) is 21.4 Å². The summed E-state index contributed by atoms with van der Waals surface area (Å²) < 4.78 is 30.9. The van der Waals surface area contributed by atoms with Crippen LogP contribution in [0.3, 0.4) is 0 Å². The number of thiophene rings is 1. The van der Waals surface area contributed by atoms with Crippen molar-refractivity contribution < 1.29 is 13.2 Å². The molecule has 1 aliphatic rings. The van der Waals surface area contributed by atoms with E-state index in [4.69, 9.17) is 23.2 Å². The SMILES string of the molecule is C=CCn1c(=NC(=O)C2CCCCN2S(=O)(=O)c2ccc(Cl)s2)sc2cc(Cl)ccc21. The molecule has 0 aliphatic carbocycles. The summed E-state index contributed by atoms with van der Waals surface area (Å²) >= 11 is 14.4. The number of amides is 1. The number of aromatic nitrogens is 1. The van der Waals surface area contributed by atoms with Crippen LogP contribution in [0.15, 0.2) is 52.2 Å². The third-order valence-electron chi connectivity index (χ3n) is 5.01. The quantitative estimate of drug-likeness (QED) is 0.452. The molecule has 0 spiro atoms. The molecule has 1 saturated heterocycles. The maximum Gasteiger partial charge on any atom is 0.266 e. The molecule has 3 heterocycles. The zero-order chi connectivity index (χ0) is 22.2. The van der Waals surface area contributed by atoms with Gasteiger partial charge in [-0.25, -0.2) is 8.42 Å². The maximum absolute atomic E-state index is 13.2. The van der Waals surface area contributed by atoms with E-state index in [1.54, 1.807) is 18.2 Å². The summed E-state index contributed by atoms with van der Waals surface area (Å²) in [6.07, 6.45) is 3.61. The lowest BCUT2D eigenvalue weighted by molar-refractivity contribution is -0.122. The zero-order valence-electron chi connectivity index (χ0n) is 16.3. The lowest BCUT2D eigenvalue weighted by atomic mass is 10.0. The van der Waals surface area contributed by atoms with E-state index in [0.717, 1.165) is 28.0 Å². The van der Waals surface area contributed by atoms with E-state index in [0.29, 0.717) is 33.5 Å². The second kappa shape index (κ2) is 9.17. The average molecular weight is 516 g/mol. The van der Waals surface area contributed by atoms with Crippen LogP contribution >= 0.6 is 45.9 Å². The first kappa shape index (κ1) is 22.7. The van der Waals surface area contributed by atoms with Crippen LogP contribution in [0.2, 0.25) is 9.36 Å². The average Bonchev–Trinajstić information content (AvgIpc) is 3.32. The topological polar surface area (TPSA) is 71.7 Å². The van der Waals surface area contributed by atoms with Crippen LogP contribution < -0.4 is 4.80 Å². The van der Waals surface area contributed by atoms with Gasteiger partial charge >= 0.3 is 0 Å². The molecule has 0 N–H and O–H groups in total. The summed E-state index contributed by atoms with van der Waals surface area (Å²) in [6.45, 7) is 4.53. The predicted molar refractivity (Wildman–Crippen MR) is 126 cm³/mol. The molecule has 0 radical (unpaired) electrons. The molecule has 0 bridgehead atoms. The molecule has 1 atom stereocenters. The fraction of sp³-hybridized carbons (Fsp3) is 0.300. The Balaban J connectivity index is 1.75. The van der Waals surface area contributed by atoms with Crippen molar-refractivity contribution >= 4 is 72.0 Å². The Labute approximate surface area is 198 Å². The summed E-state index contributed by atoms with van der Waals surface area (Å²) in [7, 11) is -3.83. The van der Waals surface area contributed by atoms with Gasteiger partial charge in [0.25, 0.3) is 15.9 Å². The monoisotopic (exact) mass is 515 g/mol. The minimum atomic E-state index is -3.83. The molecule has 4 rings (SSSR count). The second-order valence-electron chi connectivity index (χ2n) is 7.03. The fourth-order valence-corrected chi connectivity index (χ4v) is 8.18. The number of thiazole rings is 1. The van der Waals surface area contributed by atoms with Gasteiger partial charge in [-0.3, -0.25) is 4.79 Å². The first-order valence-corrected chi connectivity index (χ1v) is 13.4. The third-order valence-corrected chi connectivity index (χ3v) is 9.90. The molecule has 11 heteroatoms. The number of sulfonamides is 1. The maximum atomic E-state index is 13.2. The van der Waals surface area contributed by atoms with Crippen molar-refractivity contribution in [2.75, 3.05) is 6.54 Å². The molecule has 1 fully saturated rings. The minimum Gasteiger partial charge on any atom is -0.313 e. The Kier molecular flexibility index (Phi) is 6.71. The van der Waals surface area contributed by atoms with Crippen LogP contribution in [0.5, 0.6) is 0 Å². The third kappa shape index (κ3) is 4.53. The van der Waals surface area contributed by atoms with Gasteiger partial charge in [0.2, 0.25) is 0 Å². The number of rotatable bonds is 5. The fourth-order valence-electron chi connectivity index (χ4n) is 3.60. The van der Waals surface area contributed by atoms with E-state index in [1.807, 2.05) is 16.7 Å². The molecule has 1 unspecified atom stereocenters. The Bertz CT molecular complexity index is 1320. The number of carbonyl (C=O) groups is 1. The first-order chi connectivity index (χ1) is 14.8. The molecule has 164 valence electrons. The molecule has 1 amide bonds. The molecular formula is C20H19Cl2N3O3S3. The Hall–Kier alpha value is -1.49. The summed E-state index contributed by atoms with van der Waals surface area (Å²) in [6, 6.07) is 7.66. The number of allylic oxidation sites excluding steroid dienone is 1. The zero-order valence-corrected chi connectivity index (χ0v) is 20.3. The smallest absolute Gasteiger partial charge is 0.266 e. The number of halogens is 2. The highest BCUT2D eigenvalue weighted by Gasteiger charge is 2.38. The summed E-state index contributed by atoms with van der Waals surface area (Å²) in [5.41, 5.74) is 0.891. The molecule has 2 aromatic heterocycles. The van der Waals surface area contributed by atoms with Gasteiger partial charge in [-0.15, -0.1) is 17.9 Å². The van der Waals surface area contributed by atoms with E-state index in [9.17, 15) is 13.2 Å². The number of nitrogens with zero attached hydrogens (tertiary/aromatic N) is 3. The molecule has 1 aromatic carbocycles. The number of hydrogen-bond acceptors (Lipinski definition) is 5. The summed E-state index contributed by atoms with van der Waals surface area (Å²) in [4.78, 5) is 18.1. The number of fused-ring (bicyclic) bond motifs is 1. The van der Waals surface area contributed by atoms with E-state index in [-0.39, 0.29) is 10.8 Å². The normalized spacial score (nSPS) is 18.5. The lowest BCUT2D eigenvalue weighted by Crippen LogP contribution is -2.47. The molecule has 1 aliphatic heterocycles. The predicted octanol–water partition coefficient (Wildman–Crippen LogP) is 4.93. The summed E-state index contributed by atoms with van der Waals surface area (Å²) in [5.74, 6) is -0.471. The summed E-state index contributed by atoms with van der Waals surface area (Å²) in [5, 5.41) is 0.594. The van der Waals surface area contributed by atoms with Gasteiger partial charge in [0.05, 0.1) is 14.6 Å². The van der Waals surface area contributed by atoms with Gasteiger partial charge < -0.3 is 4.57 Å². The highest BCUT2D eigenvalue weighted by molar-refractivity contribution is 7.91. The van der Waals surface area contributed by atoms with Crippen LogP contribution in [0.1, 0.15) is 19.3 Å². The molecular weight excluding hydrogens is 497 g/mol. The van der Waals surface area contributed by atoms with E-state index in [2.05, 4.69) is 11.6 Å². The van der Waals surface area contributed by atoms with Crippen molar-refractivity contribution in [1.29, 1.82) is 0 Å². The van der Waals surface area contributed by atoms with Crippen molar-refractivity contribution in [1.82, 2.24) is 8.87 Å². The van der Waals surface area contributed by atoms with Crippen molar-refractivity contribution in [3.63, 3.8) is 0 Å². The van der Waals surface area contributed by atoms with Crippen molar-refractivity contribution in [2.24, 2.45) is 4.99 Å². The molecule has 6 nitrogen and oxygen atoms in total. The van der Waals surface area contributed by atoms with Gasteiger partial charge in [0.15, 0.2) is 4.80 Å². The second-order valence-corrected chi connectivity index (χ2v) is 12.3. The number of carbonyl (C=O) groups excluding carboxylic acids is 1. The highest BCUT2D eigenvalue weighted by atomic mass is 35.5. The minimum absolute atomic E-state index is 0.135. The number of piperidine rings is 1. The Morgan fingerprint density at radius 3 is 2.74 bits per heavy atom. The van der Waals surface area contributed by atoms with Gasteiger partial charge in [-0.1, -0.05) is 47.0 Å². The standard InChI is InChI=1S/C20H19Cl2N3O3S3/c1-2-10-24-14-7-6-13(21)12-16(14)29-20(24)23-19(26)15-5-3-4-11-25(15)31(27,28)18-9-8-17(22)30-18/h2,6-9,12,15H,1,3-5,10-11H2. The van der Waals surface area contributed by atoms with Crippen LogP contribution in [0.4, 0.5) is 0 Å². The largest absolute Gasteiger partial charge is 0.313 e. The molecule has 31 heavy (non-hydrogen) atoms. The molecule has 0 saturated carbocycles. The van der Waals surface area contributed by atoms with E-state index < -0.39 is 22.0 Å². The Morgan fingerprint density at radius 2 is 2.03 bits per heavy atom. The molecule has 3 aromatic rings. The van der Waals surface area contributed by atoms with Crippen LogP contribution in [0, 0.1) is 0 Å². The number of hydrogen-bond donors (Lipinski definition) is 0. The van der Waals surface area contributed by atoms with E-state index >= 15 is 0 Å². The lowest BCUT2D eigenvalue weighted by Gasteiger charge is -2.31.